The van der Waals surface area contributed by atoms with Gasteiger partial charge in [0.05, 0.1) is 7.11 Å². The van der Waals surface area contributed by atoms with E-state index < -0.39 is 0 Å². The molecule has 132 valence electrons. The van der Waals surface area contributed by atoms with Gasteiger partial charge in [-0.1, -0.05) is 41.0 Å². The largest absolute Gasteiger partial charge is 0.497 e. The SMILES string of the molecule is COc1cccc(-c2noc(/C(Cl)=C/c3ccc(NC(C)=O)cc3)n2)c1. The van der Waals surface area contributed by atoms with Gasteiger partial charge in [0.1, 0.15) is 10.8 Å². The Morgan fingerprint density at radius 1 is 1.23 bits per heavy atom. The van der Waals surface area contributed by atoms with Crippen molar-refractivity contribution in [2.24, 2.45) is 0 Å². The van der Waals surface area contributed by atoms with Crippen LogP contribution in [0.5, 0.6) is 5.75 Å². The third kappa shape index (κ3) is 4.29. The monoisotopic (exact) mass is 369 g/mol. The average Bonchev–Trinajstić information content (AvgIpc) is 3.13. The van der Waals surface area contributed by atoms with Gasteiger partial charge in [0.15, 0.2) is 0 Å². The number of amides is 1. The molecular formula is C19H16ClN3O3. The number of carbonyl (C=O) groups is 1. The summed E-state index contributed by atoms with van der Waals surface area (Å²) in [4.78, 5) is 15.4. The molecule has 0 aliphatic heterocycles. The maximum absolute atomic E-state index is 11.0. The van der Waals surface area contributed by atoms with Gasteiger partial charge in [-0.15, -0.1) is 0 Å². The molecule has 0 saturated carbocycles. The highest BCUT2D eigenvalue weighted by Gasteiger charge is 2.12. The van der Waals surface area contributed by atoms with Crippen LogP contribution in [0.25, 0.3) is 22.5 Å². The molecule has 0 fully saturated rings. The van der Waals surface area contributed by atoms with E-state index in [4.69, 9.17) is 20.9 Å². The first kappa shape index (κ1) is 17.7. The maximum Gasteiger partial charge on any atom is 0.269 e. The smallest absolute Gasteiger partial charge is 0.269 e. The van der Waals surface area contributed by atoms with Crippen LogP contribution in [0.4, 0.5) is 5.69 Å². The number of anilines is 1. The number of hydrogen-bond acceptors (Lipinski definition) is 5. The molecule has 1 amide bonds. The Kier molecular flexibility index (Phi) is 5.34. The molecule has 2 aromatic carbocycles. The van der Waals surface area contributed by atoms with E-state index in [9.17, 15) is 4.79 Å². The minimum atomic E-state index is -0.123. The number of carbonyl (C=O) groups excluding carboxylic acids is 1. The highest BCUT2D eigenvalue weighted by Crippen LogP contribution is 2.26. The number of nitrogens with zero attached hydrogens (tertiary/aromatic N) is 2. The minimum Gasteiger partial charge on any atom is -0.497 e. The number of nitrogens with one attached hydrogen (secondary N) is 1. The molecule has 3 aromatic rings. The van der Waals surface area contributed by atoms with E-state index in [-0.39, 0.29) is 11.8 Å². The lowest BCUT2D eigenvalue weighted by molar-refractivity contribution is -0.114. The second kappa shape index (κ2) is 7.84. The summed E-state index contributed by atoms with van der Waals surface area (Å²) in [6.45, 7) is 1.46. The van der Waals surface area contributed by atoms with Crippen molar-refractivity contribution in [3.8, 4) is 17.1 Å². The summed E-state index contributed by atoms with van der Waals surface area (Å²) in [6, 6.07) is 14.6. The summed E-state index contributed by atoms with van der Waals surface area (Å²) in [6.07, 6.45) is 1.71. The van der Waals surface area contributed by atoms with Gasteiger partial charge in [-0.25, -0.2) is 0 Å². The molecule has 1 heterocycles. The fourth-order valence-corrected chi connectivity index (χ4v) is 2.48. The normalized spacial score (nSPS) is 11.3. The Balaban J connectivity index is 1.79. The quantitative estimate of drug-likeness (QED) is 0.719. The van der Waals surface area contributed by atoms with E-state index in [1.54, 1.807) is 25.3 Å². The van der Waals surface area contributed by atoms with E-state index in [1.807, 2.05) is 36.4 Å². The van der Waals surface area contributed by atoms with Crippen LogP contribution in [0.2, 0.25) is 0 Å². The number of benzene rings is 2. The molecule has 1 aromatic heterocycles. The Bertz CT molecular complexity index is 949. The van der Waals surface area contributed by atoms with Gasteiger partial charge >= 0.3 is 0 Å². The predicted molar refractivity (Wildman–Crippen MR) is 101 cm³/mol. The molecule has 0 aliphatic carbocycles. The molecule has 0 bridgehead atoms. The third-order valence-electron chi connectivity index (χ3n) is 3.48. The van der Waals surface area contributed by atoms with Crippen LogP contribution in [0.15, 0.2) is 53.1 Å². The molecule has 0 saturated heterocycles. The molecular weight excluding hydrogens is 354 g/mol. The lowest BCUT2D eigenvalue weighted by Gasteiger charge is -2.02. The standard InChI is InChI=1S/C19H16ClN3O3/c1-12(24)21-15-8-6-13(7-9-15)10-17(20)19-22-18(23-26-19)14-4-3-5-16(11-14)25-2/h3-11H,1-2H3,(H,21,24)/b17-10-. The Morgan fingerprint density at radius 2 is 2.00 bits per heavy atom. The van der Waals surface area contributed by atoms with Gasteiger partial charge in [-0.2, -0.15) is 4.98 Å². The van der Waals surface area contributed by atoms with Crippen molar-refractivity contribution in [1.82, 2.24) is 10.1 Å². The molecule has 7 heteroatoms. The number of rotatable bonds is 5. The molecule has 26 heavy (non-hydrogen) atoms. The highest BCUT2D eigenvalue weighted by atomic mass is 35.5. The van der Waals surface area contributed by atoms with Gasteiger partial charge in [-0.3, -0.25) is 4.79 Å². The van der Waals surface area contributed by atoms with Crippen molar-refractivity contribution in [2.45, 2.75) is 6.92 Å². The van der Waals surface area contributed by atoms with E-state index >= 15 is 0 Å². The summed E-state index contributed by atoms with van der Waals surface area (Å²) in [5, 5.41) is 6.98. The van der Waals surface area contributed by atoms with E-state index in [1.165, 1.54) is 6.92 Å². The first-order chi connectivity index (χ1) is 12.5. The van der Waals surface area contributed by atoms with Gasteiger partial charge < -0.3 is 14.6 Å². The predicted octanol–water partition coefficient (Wildman–Crippen LogP) is 4.44. The molecule has 6 nitrogen and oxygen atoms in total. The highest BCUT2D eigenvalue weighted by molar-refractivity contribution is 6.50. The summed E-state index contributed by atoms with van der Waals surface area (Å²) < 4.78 is 10.4. The van der Waals surface area contributed by atoms with Crippen LogP contribution < -0.4 is 10.1 Å². The summed E-state index contributed by atoms with van der Waals surface area (Å²) in [5.74, 6) is 1.22. The molecule has 0 aliphatic rings. The average molecular weight is 370 g/mol. The van der Waals surface area contributed by atoms with Crippen LogP contribution in [0.3, 0.4) is 0 Å². The molecule has 0 atom stereocenters. The summed E-state index contributed by atoms with van der Waals surface area (Å²) in [5.41, 5.74) is 2.32. The number of aromatic nitrogens is 2. The topological polar surface area (TPSA) is 77.3 Å². The zero-order valence-corrected chi connectivity index (χ0v) is 14.9. The van der Waals surface area contributed by atoms with Crippen LogP contribution in [-0.4, -0.2) is 23.2 Å². The second-order valence-electron chi connectivity index (χ2n) is 5.45. The maximum atomic E-state index is 11.0. The third-order valence-corrected chi connectivity index (χ3v) is 3.75. The molecule has 3 rings (SSSR count). The van der Waals surface area contributed by atoms with Crippen molar-refractivity contribution in [1.29, 1.82) is 0 Å². The molecule has 0 spiro atoms. The van der Waals surface area contributed by atoms with Crippen molar-refractivity contribution in [3.63, 3.8) is 0 Å². The Hall–Kier alpha value is -3.12. The van der Waals surface area contributed by atoms with E-state index in [0.29, 0.717) is 22.3 Å². The number of methoxy groups -OCH3 is 1. The van der Waals surface area contributed by atoms with Crippen molar-refractivity contribution in [2.75, 3.05) is 12.4 Å². The van der Waals surface area contributed by atoms with Crippen LogP contribution in [-0.2, 0) is 4.79 Å². The first-order valence-corrected chi connectivity index (χ1v) is 8.16. The molecule has 0 unspecified atom stereocenters. The zero-order chi connectivity index (χ0) is 18.5. The van der Waals surface area contributed by atoms with Crippen LogP contribution >= 0.6 is 11.6 Å². The van der Waals surface area contributed by atoms with E-state index in [0.717, 1.165) is 11.1 Å². The lowest BCUT2D eigenvalue weighted by atomic mass is 10.2. The lowest BCUT2D eigenvalue weighted by Crippen LogP contribution is -2.05. The fourth-order valence-electron chi connectivity index (χ4n) is 2.27. The number of ether oxygens (including phenoxy) is 1. The summed E-state index contributed by atoms with van der Waals surface area (Å²) in [7, 11) is 1.59. The number of halogens is 1. The van der Waals surface area contributed by atoms with Gasteiger partial charge in [-0.05, 0) is 35.9 Å². The van der Waals surface area contributed by atoms with Crippen LogP contribution in [0, 0.1) is 0 Å². The van der Waals surface area contributed by atoms with Gasteiger partial charge in [0, 0.05) is 18.2 Å². The Morgan fingerprint density at radius 3 is 2.69 bits per heavy atom. The van der Waals surface area contributed by atoms with Crippen molar-refractivity contribution in [3.05, 3.63) is 60.0 Å². The first-order valence-electron chi connectivity index (χ1n) is 7.78. The zero-order valence-electron chi connectivity index (χ0n) is 14.2. The van der Waals surface area contributed by atoms with E-state index in [2.05, 4.69) is 15.5 Å². The summed E-state index contributed by atoms with van der Waals surface area (Å²) >= 11 is 6.29. The molecule has 0 radical (unpaired) electrons. The van der Waals surface area contributed by atoms with Gasteiger partial charge in [0.2, 0.25) is 11.7 Å². The minimum absolute atomic E-state index is 0.123. The number of hydrogen-bond donors (Lipinski definition) is 1. The second-order valence-corrected chi connectivity index (χ2v) is 5.86. The van der Waals surface area contributed by atoms with Crippen molar-refractivity contribution >= 4 is 34.3 Å². The van der Waals surface area contributed by atoms with Crippen molar-refractivity contribution < 1.29 is 14.1 Å². The fraction of sp³-hybridized carbons (Fsp3) is 0.105. The van der Waals surface area contributed by atoms with Gasteiger partial charge in [0.25, 0.3) is 5.89 Å². The van der Waals surface area contributed by atoms with Crippen LogP contribution in [0.1, 0.15) is 18.4 Å². The molecule has 1 N–H and O–H groups in total. The Labute approximate surface area is 155 Å².